The largest absolute Gasteiger partial charge is 0.396 e. The molecule has 15 heteroatoms. The molecule has 0 heterocycles. The molecule has 0 aromatic heterocycles. The summed E-state index contributed by atoms with van der Waals surface area (Å²) in [5.74, 6) is -0.0763. The van der Waals surface area contributed by atoms with Crippen LogP contribution < -0.4 is 0 Å². The van der Waals surface area contributed by atoms with E-state index in [9.17, 15) is 28.3 Å². The molecule has 192 valence electrons. The summed E-state index contributed by atoms with van der Waals surface area (Å²) in [5, 5.41) is -2.12. The van der Waals surface area contributed by atoms with Gasteiger partial charge in [0.05, 0.1) is 26.2 Å². The second kappa shape index (κ2) is 10.7. The number of halogens is 3. The summed E-state index contributed by atoms with van der Waals surface area (Å²) >= 11 is 16.8. The monoisotopic (exact) mass is 604 g/mol. The third-order valence-electron chi connectivity index (χ3n) is 4.94. The van der Waals surface area contributed by atoms with Crippen molar-refractivity contribution in [3.05, 3.63) is 103 Å². The fourth-order valence-corrected chi connectivity index (χ4v) is 5.68. The van der Waals surface area contributed by atoms with Crippen LogP contribution in [0.4, 0.5) is 0 Å². The van der Waals surface area contributed by atoms with Crippen LogP contribution in [0.1, 0.15) is 31.1 Å². The molecule has 0 aliphatic heterocycles. The van der Waals surface area contributed by atoms with Crippen LogP contribution in [0.2, 0.25) is 15.1 Å². The molecule has 10 nitrogen and oxygen atoms in total. The molecule has 0 saturated carbocycles. The summed E-state index contributed by atoms with van der Waals surface area (Å²) in [6.45, 7) is 0. The summed E-state index contributed by atoms with van der Waals surface area (Å²) in [7, 11) is -10.6. The standard InChI is InChI=1S/C14H8O2.C8H5Cl3O8P2/c15-13(9-5-2-1-3-6-9)12-10-7-4-8-11(12)14(10)16;9-2-1-3(10)5(8(13)21(17,18)19)6(11)4(2)7(12)20(14,15)16/h1-8H;1H,(H2,14,15,16)(H2,17,18,19). The van der Waals surface area contributed by atoms with Crippen molar-refractivity contribution in [1.29, 1.82) is 0 Å². The Kier molecular flexibility index (Phi) is 8.41. The summed E-state index contributed by atoms with van der Waals surface area (Å²) in [5.41, 5.74) is -3.23. The van der Waals surface area contributed by atoms with Crippen LogP contribution in [0, 0.1) is 0 Å². The van der Waals surface area contributed by atoms with Crippen LogP contribution in [0.3, 0.4) is 0 Å². The number of rotatable bonds is 6. The highest BCUT2D eigenvalue weighted by Gasteiger charge is 2.38. The summed E-state index contributed by atoms with van der Waals surface area (Å²) in [4.78, 5) is 82.0. The zero-order chi connectivity index (χ0) is 27.9. The minimum atomic E-state index is -5.29. The van der Waals surface area contributed by atoms with E-state index in [0.29, 0.717) is 22.3 Å². The molecule has 2 aliphatic rings. The molecule has 0 spiro atoms. The van der Waals surface area contributed by atoms with Crippen LogP contribution in [0.15, 0.2) is 71.3 Å². The topological polar surface area (TPSA) is 183 Å². The average molecular weight is 606 g/mol. The van der Waals surface area contributed by atoms with Gasteiger partial charge >= 0.3 is 15.2 Å². The Morgan fingerprint density at radius 1 is 0.784 bits per heavy atom. The molecule has 37 heavy (non-hydrogen) atoms. The maximum atomic E-state index is 12.1. The van der Waals surface area contributed by atoms with E-state index in [1.165, 1.54) is 0 Å². The number of Topliss-reactive ketones (excluding diaryl/α,β-unsaturated/α-hetero) is 2. The molecule has 0 atom stereocenters. The van der Waals surface area contributed by atoms with E-state index in [1.807, 2.05) is 18.2 Å². The van der Waals surface area contributed by atoms with Crippen LogP contribution in [0.25, 0.3) is 0 Å². The highest BCUT2D eigenvalue weighted by atomic mass is 35.5. The molecule has 0 amide bonds. The number of hydrogen-bond donors (Lipinski definition) is 4. The molecule has 4 N–H and O–H groups in total. The molecule has 0 saturated heterocycles. The van der Waals surface area contributed by atoms with Crippen molar-refractivity contribution in [2.24, 2.45) is 0 Å². The Balaban J connectivity index is 0.000000212. The Labute approximate surface area is 223 Å². The molecule has 2 bridgehead atoms. The number of hydrogen-bond acceptors (Lipinski definition) is 6. The number of benzene rings is 2. The van der Waals surface area contributed by atoms with Gasteiger partial charge in [-0.3, -0.25) is 28.3 Å². The van der Waals surface area contributed by atoms with E-state index in [0.717, 1.165) is 6.07 Å². The fourth-order valence-electron chi connectivity index (χ4n) is 3.27. The Bertz CT molecular complexity index is 1500. The zero-order valence-corrected chi connectivity index (χ0v) is 22.0. The molecule has 4 rings (SSSR count). The molecule has 2 aromatic rings. The maximum Gasteiger partial charge on any atom is 0.396 e. The van der Waals surface area contributed by atoms with Gasteiger partial charge in [-0.05, 0) is 6.07 Å². The molecule has 0 unspecified atom stereocenters. The summed E-state index contributed by atoms with van der Waals surface area (Å²) in [6, 6.07) is 9.75. The van der Waals surface area contributed by atoms with Gasteiger partial charge in [0.1, 0.15) is 0 Å². The smallest absolute Gasteiger partial charge is 0.319 e. The minimum absolute atomic E-state index is 0.0122. The van der Waals surface area contributed by atoms with E-state index in [-0.39, 0.29) is 11.6 Å². The lowest BCUT2D eigenvalue weighted by Gasteiger charge is -2.25. The lowest BCUT2D eigenvalue weighted by Crippen LogP contribution is -2.28. The molecule has 2 aromatic carbocycles. The van der Waals surface area contributed by atoms with Gasteiger partial charge < -0.3 is 19.6 Å². The quantitative estimate of drug-likeness (QED) is 0.270. The van der Waals surface area contributed by atoms with Crippen molar-refractivity contribution in [3.8, 4) is 0 Å². The van der Waals surface area contributed by atoms with E-state index in [2.05, 4.69) is 0 Å². The van der Waals surface area contributed by atoms with Gasteiger partial charge in [-0.2, -0.15) is 0 Å². The van der Waals surface area contributed by atoms with E-state index >= 15 is 0 Å². The third-order valence-corrected chi connectivity index (χ3v) is 7.42. The van der Waals surface area contributed by atoms with E-state index in [1.54, 1.807) is 30.4 Å². The Hall–Kier alpha value is -2.49. The first-order valence-electron chi connectivity index (χ1n) is 9.73. The Morgan fingerprint density at radius 2 is 1.27 bits per heavy atom. The van der Waals surface area contributed by atoms with Crippen molar-refractivity contribution in [2.45, 2.75) is 0 Å². The Morgan fingerprint density at radius 3 is 1.65 bits per heavy atom. The molecule has 0 radical (unpaired) electrons. The number of allylic oxidation sites excluding steroid dienone is 6. The van der Waals surface area contributed by atoms with Crippen molar-refractivity contribution in [3.63, 3.8) is 0 Å². The number of carbonyl (C=O) groups excluding carboxylic acids is 4. The van der Waals surface area contributed by atoms with Gasteiger partial charge in [-0.25, -0.2) is 0 Å². The first-order valence-corrected chi connectivity index (χ1v) is 14.1. The number of carbonyl (C=O) groups is 4. The van der Waals surface area contributed by atoms with Crippen LogP contribution in [-0.2, 0) is 13.9 Å². The van der Waals surface area contributed by atoms with Crippen molar-refractivity contribution in [1.82, 2.24) is 0 Å². The molecular formula is C22H13Cl3O10P2. The van der Waals surface area contributed by atoms with E-state index in [4.69, 9.17) is 54.4 Å². The number of fused-ring (bicyclic) bond motifs is 2. The lowest BCUT2D eigenvalue weighted by atomic mass is 9.75. The summed E-state index contributed by atoms with van der Waals surface area (Å²) < 4.78 is 21.9. The highest BCUT2D eigenvalue weighted by Crippen LogP contribution is 2.49. The first kappa shape index (κ1) is 29.1. The first-order chi connectivity index (χ1) is 17.1. The van der Waals surface area contributed by atoms with Crippen LogP contribution >= 0.6 is 50.0 Å². The molecular weight excluding hydrogens is 593 g/mol. The highest BCUT2D eigenvalue weighted by molar-refractivity contribution is 7.71. The van der Waals surface area contributed by atoms with Crippen LogP contribution in [0.5, 0.6) is 0 Å². The van der Waals surface area contributed by atoms with Crippen LogP contribution in [-0.4, -0.2) is 42.2 Å². The van der Waals surface area contributed by atoms with Gasteiger partial charge in [0.2, 0.25) is 0 Å². The van der Waals surface area contributed by atoms with Gasteiger partial charge in [0.25, 0.3) is 11.0 Å². The average Bonchev–Trinajstić information content (AvgIpc) is 2.82. The van der Waals surface area contributed by atoms with Gasteiger partial charge in [0.15, 0.2) is 11.6 Å². The molecule has 2 aliphatic carbocycles. The summed E-state index contributed by atoms with van der Waals surface area (Å²) in [6.07, 6.45) is 5.20. The fraction of sp³-hybridized carbons (Fsp3) is 0. The second-order valence-electron chi connectivity index (χ2n) is 7.35. The van der Waals surface area contributed by atoms with Crippen molar-refractivity contribution < 1.29 is 47.9 Å². The van der Waals surface area contributed by atoms with Gasteiger partial charge in [0, 0.05) is 22.3 Å². The van der Waals surface area contributed by atoms with Gasteiger partial charge in [-0.1, -0.05) is 83.4 Å². The minimum Gasteiger partial charge on any atom is -0.319 e. The lowest BCUT2D eigenvalue weighted by molar-refractivity contribution is -0.112. The van der Waals surface area contributed by atoms with Gasteiger partial charge in [-0.15, -0.1) is 0 Å². The predicted molar refractivity (Wildman–Crippen MR) is 134 cm³/mol. The molecule has 0 fully saturated rings. The zero-order valence-electron chi connectivity index (χ0n) is 18.0. The predicted octanol–water partition coefficient (Wildman–Crippen LogP) is 4.53. The third kappa shape index (κ3) is 5.84. The second-order valence-corrected chi connectivity index (χ2v) is 11.5. The van der Waals surface area contributed by atoms with Crippen molar-refractivity contribution >= 4 is 72.6 Å². The van der Waals surface area contributed by atoms with E-state index < -0.39 is 52.4 Å². The SMILES string of the molecule is O=C(c1c(Cl)cc(Cl)c(C(=O)P(=O)(O)O)c1Cl)P(=O)(O)O.O=C1c2cccc1c2C(=O)c1ccccc1. The number of ketones is 2. The van der Waals surface area contributed by atoms with Crippen molar-refractivity contribution in [2.75, 3.05) is 0 Å². The normalized spacial score (nSPS) is 14.4. The maximum absolute atomic E-state index is 12.1.